The van der Waals surface area contributed by atoms with Crippen molar-refractivity contribution in [1.29, 1.82) is 0 Å². The molecule has 4 aliphatic carbocycles. The summed E-state index contributed by atoms with van der Waals surface area (Å²) in [6.07, 6.45) is 0.539. The number of fused-ring (bicyclic) bond motifs is 4. The smallest absolute Gasteiger partial charge is 0.385 e. The average Bonchev–Trinajstić information content (AvgIpc) is 3.32. The van der Waals surface area contributed by atoms with Crippen molar-refractivity contribution in [2.75, 3.05) is 13.2 Å². The van der Waals surface area contributed by atoms with Gasteiger partial charge in [0, 0.05) is 42.0 Å². The molecular formula is C38H46F5NO4. The van der Waals surface area contributed by atoms with Crippen molar-refractivity contribution in [3.8, 4) is 0 Å². The topological polar surface area (TPSA) is 71.8 Å². The molecule has 0 unspecified atom stereocenters. The van der Waals surface area contributed by atoms with Crippen LogP contribution in [-0.2, 0) is 22.3 Å². The highest BCUT2D eigenvalue weighted by molar-refractivity contribution is 5.45. The lowest BCUT2D eigenvalue weighted by Crippen LogP contribution is -2.65. The van der Waals surface area contributed by atoms with Crippen LogP contribution in [0.3, 0.4) is 0 Å². The molecule has 1 aromatic heterocycles. The number of aromatic nitrogens is 1. The highest BCUT2D eigenvalue weighted by atomic mass is 19.4. The Kier molecular flexibility index (Phi) is 8.02. The van der Waals surface area contributed by atoms with Crippen LogP contribution in [0.2, 0.25) is 0 Å². The van der Waals surface area contributed by atoms with Crippen molar-refractivity contribution in [3.05, 3.63) is 76.6 Å². The minimum Gasteiger partial charge on any atom is -0.385 e. The highest BCUT2D eigenvalue weighted by Crippen LogP contribution is 2.71. The average molecular weight is 676 g/mol. The summed E-state index contributed by atoms with van der Waals surface area (Å²) in [5.74, 6) is -7.65. The highest BCUT2D eigenvalue weighted by Gasteiger charge is 2.79. The van der Waals surface area contributed by atoms with Gasteiger partial charge in [-0.1, -0.05) is 50.6 Å². The van der Waals surface area contributed by atoms with Gasteiger partial charge in [0.05, 0.1) is 18.8 Å². The van der Waals surface area contributed by atoms with Gasteiger partial charge in [0.1, 0.15) is 5.60 Å². The largest absolute Gasteiger partial charge is 0.456 e. The normalized spacial score (nSPS) is 36.0. The lowest BCUT2D eigenvalue weighted by molar-refractivity contribution is -0.362. The summed E-state index contributed by atoms with van der Waals surface area (Å²) in [7, 11) is 0. The summed E-state index contributed by atoms with van der Waals surface area (Å²) in [5.41, 5.74) is -1.52. The van der Waals surface area contributed by atoms with Crippen LogP contribution in [0.1, 0.15) is 94.7 Å². The van der Waals surface area contributed by atoms with Gasteiger partial charge in [-0.15, -0.1) is 0 Å². The van der Waals surface area contributed by atoms with E-state index in [2.05, 4.69) is 18.8 Å². The Morgan fingerprint density at radius 2 is 1.46 bits per heavy atom. The quantitative estimate of drug-likeness (QED) is 0.248. The maximum Gasteiger partial charge on any atom is 0.456 e. The van der Waals surface area contributed by atoms with Crippen molar-refractivity contribution < 1.29 is 41.6 Å². The van der Waals surface area contributed by atoms with E-state index in [0.29, 0.717) is 38.9 Å². The summed E-state index contributed by atoms with van der Waals surface area (Å²) < 4.78 is 85.3. The SMILES string of the molecule is CC1(C)COC2(CCC3=C4[C@@H](CC[C@@]3(O)C2)[C@@H]2CC[C@@](O)(C(F)(F)C(F)(F)F)[C@@]2(C)C[C@@H]4c2ccc(CCc3ccncc3)cc2)OC1. The Hall–Kier alpha value is -2.40. The number of rotatable bonds is 5. The van der Waals surface area contributed by atoms with Crippen LogP contribution in [-0.4, -0.2) is 57.5 Å². The van der Waals surface area contributed by atoms with E-state index in [1.165, 1.54) is 6.92 Å². The molecular weight excluding hydrogens is 629 g/mol. The second-order valence-electron chi connectivity index (χ2n) is 16.3. The van der Waals surface area contributed by atoms with Crippen LogP contribution in [0.5, 0.6) is 0 Å². The Balaban J connectivity index is 1.27. The molecule has 0 amide bonds. The molecule has 1 spiro atoms. The van der Waals surface area contributed by atoms with Crippen molar-refractivity contribution >= 4 is 0 Å². The molecule has 5 aliphatic rings. The van der Waals surface area contributed by atoms with Crippen molar-refractivity contribution in [3.63, 3.8) is 0 Å². The fourth-order valence-corrected chi connectivity index (χ4v) is 10.1. The standard InChI is InChI=1S/C38H46F5NO4/c1-32(2)22-47-35(48-23-32)16-11-30-31-27(10-15-34(30,45)21-35)29-12-17-36(46,37(39,40)38(41,42)43)33(29,3)20-28(31)26-8-6-24(7-9-26)4-5-25-13-18-44-19-14-25/h6-9,13-14,18-19,27-29,45-46H,4-5,10-12,15-17,20-23H2,1-3H3/t27-,28+,29-,33-,34+,36-/m0/s1. The number of nitrogens with zero attached hydrogens (tertiary/aromatic N) is 1. The molecule has 2 N–H and O–H groups in total. The Morgan fingerprint density at radius 3 is 2.08 bits per heavy atom. The number of alkyl halides is 5. The minimum absolute atomic E-state index is 0.0600. The van der Waals surface area contributed by atoms with Crippen LogP contribution >= 0.6 is 0 Å². The molecule has 1 aromatic carbocycles. The first-order valence-electron chi connectivity index (χ1n) is 17.3. The number of aryl methyl sites for hydroxylation is 2. The molecule has 3 saturated carbocycles. The fraction of sp³-hybridized carbons (Fsp3) is 0.658. The van der Waals surface area contributed by atoms with E-state index in [-0.39, 0.29) is 30.6 Å². The zero-order chi connectivity index (χ0) is 34.4. The van der Waals surface area contributed by atoms with E-state index in [4.69, 9.17) is 9.47 Å². The molecule has 10 heteroatoms. The molecule has 4 fully saturated rings. The van der Waals surface area contributed by atoms with Gasteiger partial charge < -0.3 is 19.7 Å². The van der Waals surface area contributed by atoms with Crippen molar-refractivity contribution in [1.82, 2.24) is 4.98 Å². The zero-order valence-corrected chi connectivity index (χ0v) is 27.9. The molecule has 1 saturated heterocycles. The molecule has 0 bridgehead atoms. The Bertz CT molecular complexity index is 1550. The van der Waals surface area contributed by atoms with Gasteiger partial charge in [-0.05, 0) is 97.6 Å². The lowest BCUT2D eigenvalue weighted by atomic mass is 9.49. The van der Waals surface area contributed by atoms with E-state index < -0.39 is 52.8 Å². The van der Waals surface area contributed by atoms with Crippen molar-refractivity contribution in [2.24, 2.45) is 22.7 Å². The lowest BCUT2D eigenvalue weighted by Gasteiger charge is -2.59. The third-order valence-electron chi connectivity index (χ3n) is 12.7. The van der Waals surface area contributed by atoms with Gasteiger partial charge in [-0.2, -0.15) is 22.0 Å². The molecule has 7 rings (SSSR count). The number of benzene rings is 1. The Labute approximate surface area is 278 Å². The van der Waals surface area contributed by atoms with Crippen LogP contribution in [0.4, 0.5) is 22.0 Å². The number of halogens is 5. The predicted molar refractivity (Wildman–Crippen MR) is 169 cm³/mol. The van der Waals surface area contributed by atoms with Gasteiger partial charge >= 0.3 is 12.1 Å². The molecule has 48 heavy (non-hydrogen) atoms. The molecule has 6 atom stereocenters. The first-order chi connectivity index (χ1) is 22.4. The number of hydrogen-bond acceptors (Lipinski definition) is 5. The summed E-state index contributed by atoms with van der Waals surface area (Å²) in [4.78, 5) is 4.06. The second-order valence-corrected chi connectivity index (χ2v) is 16.3. The zero-order valence-electron chi connectivity index (χ0n) is 27.9. The van der Waals surface area contributed by atoms with E-state index in [9.17, 15) is 23.4 Å². The third kappa shape index (κ3) is 5.26. The molecule has 0 radical (unpaired) electrons. The van der Waals surface area contributed by atoms with Gasteiger partial charge in [0.15, 0.2) is 5.79 Å². The van der Waals surface area contributed by atoms with E-state index >= 15 is 8.78 Å². The number of ether oxygens (including phenoxy) is 2. The van der Waals surface area contributed by atoms with Crippen LogP contribution < -0.4 is 0 Å². The molecule has 1 aliphatic heterocycles. The maximum atomic E-state index is 15.4. The number of aliphatic hydroxyl groups is 2. The maximum absolute atomic E-state index is 15.4. The molecule has 262 valence electrons. The summed E-state index contributed by atoms with van der Waals surface area (Å²) >= 11 is 0. The van der Waals surface area contributed by atoms with Gasteiger partial charge in [0.2, 0.25) is 0 Å². The van der Waals surface area contributed by atoms with Gasteiger partial charge in [-0.25, -0.2) is 0 Å². The molecule has 2 heterocycles. The minimum atomic E-state index is -5.89. The van der Waals surface area contributed by atoms with Crippen LogP contribution in [0, 0.1) is 22.7 Å². The number of pyridine rings is 1. The van der Waals surface area contributed by atoms with E-state index in [0.717, 1.165) is 40.7 Å². The first-order valence-corrected chi connectivity index (χ1v) is 17.3. The van der Waals surface area contributed by atoms with E-state index in [1.54, 1.807) is 12.4 Å². The van der Waals surface area contributed by atoms with E-state index in [1.807, 2.05) is 36.4 Å². The number of hydrogen-bond donors (Lipinski definition) is 2. The first kappa shape index (κ1) is 34.1. The van der Waals surface area contributed by atoms with Crippen molar-refractivity contribution in [2.45, 2.75) is 120 Å². The third-order valence-corrected chi connectivity index (χ3v) is 12.7. The predicted octanol–water partition coefficient (Wildman–Crippen LogP) is 8.09. The summed E-state index contributed by atoms with van der Waals surface area (Å²) in [6, 6.07) is 11.8. The fourth-order valence-electron chi connectivity index (χ4n) is 10.1. The summed E-state index contributed by atoms with van der Waals surface area (Å²) in [5, 5.41) is 24.0. The van der Waals surface area contributed by atoms with Crippen LogP contribution in [0.25, 0.3) is 0 Å². The van der Waals surface area contributed by atoms with Crippen LogP contribution in [0.15, 0.2) is 59.9 Å². The summed E-state index contributed by atoms with van der Waals surface area (Å²) in [6.45, 7) is 6.58. The molecule has 2 aromatic rings. The monoisotopic (exact) mass is 675 g/mol. The number of allylic oxidation sites excluding steroid dienone is 1. The Morgan fingerprint density at radius 1 is 0.833 bits per heavy atom. The second kappa shape index (κ2) is 11.3. The molecule has 5 nitrogen and oxygen atoms in total. The van der Waals surface area contributed by atoms with Gasteiger partial charge in [-0.3, -0.25) is 4.98 Å². The van der Waals surface area contributed by atoms with Gasteiger partial charge in [0.25, 0.3) is 0 Å².